The van der Waals surface area contributed by atoms with Crippen LogP contribution in [0, 0.1) is 11.6 Å². The minimum Gasteiger partial charge on any atom is -0.335 e. The van der Waals surface area contributed by atoms with Crippen molar-refractivity contribution in [3.63, 3.8) is 0 Å². The molecular formula is C19H17F2N3O2S. The molecule has 2 heterocycles. The van der Waals surface area contributed by atoms with E-state index in [4.69, 9.17) is 0 Å². The normalized spacial score (nSPS) is 13.9. The summed E-state index contributed by atoms with van der Waals surface area (Å²) in [6.45, 7) is 0.317. The van der Waals surface area contributed by atoms with E-state index < -0.39 is 11.6 Å². The van der Waals surface area contributed by atoms with Crippen molar-refractivity contribution in [3.8, 4) is 0 Å². The van der Waals surface area contributed by atoms with Gasteiger partial charge in [0.25, 0.3) is 5.56 Å². The van der Waals surface area contributed by atoms with Crippen LogP contribution in [-0.4, -0.2) is 26.4 Å². The van der Waals surface area contributed by atoms with Gasteiger partial charge in [-0.2, -0.15) is 0 Å². The first-order valence-electron chi connectivity index (χ1n) is 8.69. The molecule has 5 nitrogen and oxygen atoms in total. The number of aromatic nitrogens is 2. The molecule has 0 atom stereocenters. The monoisotopic (exact) mass is 389 g/mol. The van der Waals surface area contributed by atoms with Crippen molar-refractivity contribution >= 4 is 27.5 Å². The molecule has 0 spiro atoms. The van der Waals surface area contributed by atoms with Crippen molar-refractivity contribution < 1.29 is 13.6 Å². The fraction of sp³-hybridized carbons (Fsp3) is 0.316. The van der Waals surface area contributed by atoms with Crippen LogP contribution in [0.5, 0.6) is 0 Å². The van der Waals surface area contributed by atoms with E-state index in [1.54, 1.807) is 16.3 Å². The molecule has 0 saturated heterocycles. The Kier molecular flexibility index (Phi) is 4.73. The van der Waals surface area contributed by atoms with E-state index in [2.05, 4.69) is 4.98 Å². The molecule has 1 saturated carbocycles. The van der Waals surface area contributed by atoms with Crippen LogP contribution in [0.1, 0.15) is 24.8 Å². The summed E-state index contributed by atoms with van der Waals surface area (Å²) < 4.78 is 28.5. The number of hydrogen-bond acceptors (Lipinski definition) is 4. The highest BCUT2D eigenvalue weighted by molar-refractivity contribution is 7.16. The Bertz CT molecular complexity index is 1060. The van der Waals surface area contributed by atoms with E-state index >= 15 is 0 Å². The maximum Gasteiger partial charge on any atom is 0.262 e. The number of nitrogens with zero attached hydrogens (tertiary/aromatic N) is 3. The van der Waals surface area contributed by atoms with Crippen molar-refractivity contribution in [2.45, 2.75) is 38.4 Å². The molecule has 1 fully saturated rings. The van der Waals surface area contributed by atoms with Crippen LogP contribution in [-0.2, 0) is 17.9 Å². The summed E-state index contributed by atoms with van der Waals surface area (Å²) in [6.07, 6.45) is 3.32. The van der Waals surface area contributed by atoms with E-state index in [0.717, 1.165) is 18.9 Å². The van der Waals surface area contributed by atoms with Crippen molar-refractivity contribution in [3.05, 3.63) is 63.5 Å². The highest BCUT2D eigenvalue weighted by Gasteiger charge is 2.32. The van der Waals surface area contributed by atoms with E-state index in [9.17, 15) is 18.4 Å². The lowest BCUT2D eigenvalue weighted by Gasteiger charge is -2.23. The van der Waals surface area contributed by atoms with Gasteiger partial charge < -0.3 is 4.90 Å². The number of aryl methyl sites for hydroxylation is 1. The highest BCUT2D eigenvalue weighted by atomic mass is 32.1. The SMILES string of the molecule is O=C(CCn1cnc2sccc2c1=O)N(Cc1ccc(F)cc1F)C1CC1. The number of rotatable bonds is 6. The predicted octanol–water partition coefficient (Wildman–Crippen LogP) is 3.32. The van der Waals surface area contributed by atoms with Gasteiger partial charge in [-0.3, -0.25) is 14.2 Å². The maximum atomic E-state index is 13.9. The lowest BCUT2D eigenvalue weighted by Crippen LogP contribution is -2.34. The number of thiophene rings is 1. The standard InChI is InChI=1S/C19H17F2N3O2S/c20-13-2-1-12(16(21)9-13)10-24(14-3-4-14)17(25)5-7-23-11-22-18-15(19(23)26)6-8-27-18/h1-2,6,8-9,11,14H,3-5,7,10H2. The zero-order chi connectivity index (χ0) is 19.0. The third-order valence-electron chi connectivity index (χ3n) is 4.68. The number of fused-ring (bicyclic) bond motifs is 1. The molecule has 140 valence electrons. The minimum absolute atomic E-state index is 0.0798. The molecule has 27 heavy (non-hydrogen) atoms. The second kappa shape index (κ2) is 7.19. The third kappa shape index (κ3) is 3.75. The molecule has 8 heteroatoms. The molecular weight excluding hydrogens is 372 g/mol. The fourth-order valence-electron chi connectivity index (χ4n) is 3.05. The van der Waals surface area contributed by atoms with Crippen molar-refractivity contribution in [1.29, 1.82) is 0 Å². The van der Waals surface area contributed by atoms with Crippen molar-refractivity contribution in [1.82, 2.24) is 14.5 Å². The molecule has 1 aliphatic rings. The molecule has 1 aromatic carbocycles. The van der Waals surface area contributed by atoms with Gasteiger partial charge in [-0.05, 0) is 30.4 Å². The van der Waals surface area contributed by atoms with E-state index in [1.165, 1.54) is 34.4 Å². The molecule has 1 aliphatic carbocycles. The maximum absolute atomic E-state index is 13.9. The van der Waals surface area contributed by atoms with Crippen LogP contribution in [0.2, 0.25) is 0 Å². The van der Waals surface area contributed by atoms with Crippen LogP contribution < -0.4 is 5.56 Å². The van der Waals surface area contributed by atoms with Gasteiger partial charge in [0.05, 0.1) is 11.7 Å². The number of halogens is 2. The third-order valence-corrected chi connectivity index (χ3v) is 5.50. The molecule has 2 aromatic heterocycles. The summed E-state index contributed by atoms with van der Waals surface area (Å²) >= 11 is 1.39. The Morgan fingerprint density at radius 3 is 2.85 bits per heavy atom. The van der Waals surface area contributed by atoms with Gasteiger partial charge in [0.1, 0.15) is 16.5 Å². The minimum atomic E-state index is -0.656. The average Bonchev–Trinajstić information content (AvgIpc) is 3.36. The van der Waals surface area contributed by atoms with Gasteiger partial charge in [0.2, 0.25) is 5.91 Å². The Hall–Kier alpha value is -2.61. The number of carbonyl (C=O) groups is 1. The van der Waals surface area contributed by atoms with Gasteiger partial charge in [-0.25, -0.2) is 13.8 Å². The summed E-state index contributed by atoms with van der Waals surface area (Å²) in [5, 5.41) is 2.35. The van der Waals surface area contributed by atoms with Gasteiger partial charge in [-0.15, -0.1) is 11.3 Å². The Balaban J connectivity index is 1.47. The van der Waals surface area contributed by atoms with Crippen LogP contribution in [0.4, 0.5) is 8.78 Å². The van der Waals surface area contributed by atoms with Crippen LogP contribution >= 0.6 is 11.3 Å². The van der Waals surface area contributed by atoms with E-state index in [-0.39, 0.29) is 42.6 Å². The fourth-order valence-corrected chi connectivity index (χ4v) is 3.78. The Labute approximate surface area is 157 Å². The quantitative estimate of drug-likeness (QED) is 0.650. The molecule has 0 radical (unpaired) electrons. The van der Waals surface area contributed by atoms with Gasteiger partial charge >= 0.3 is 0 Å². The second-order valence-corrected chi connectivity index (χ2v) is 7.52. The Morgan fingerprint density at radius 1 is 1.30 bits per heavy atom. The van der Waals surface area contributed by atoms with Gasteiger partial charge in [-0.1, -0.05) is 6.07 Å². The molecule has 0 aliphatic heterocycles. The number of amides is 1. The number of carbonyl (C=O) groups excluding carboxylic acids is 1. The molecule has 1 amide bonds. The van der Waals surface area contributed by atoms with Crippen LogP contribution in [0.25, 0.3) is 10.2 Å². The van der Waals surface area contributed by atoms with Crippen LogP contribution in [0.3, 0.4) is 0 Å². The summed E-state index contributed by atoms with van der Waals surface area (Å²) in [4.78, 5) is 31.6. The van der Waals surface area contributed by atoms with E-state index in [1.807, 2.05) is 0 Å². The summed E-state index contributed by atoms with van der Waals surface area (Å²) in [5.74, 6) is -1.45. The first-order chi connectivity index (χ1) is 13.0. The Morgan fingerprint density at radius 2 is 2.11 bits per heavy atom. The molecule has 4 rings (SSSR count). The highest BCUT2D eigenvalue weighted by Crippen LogP contribution is 2.29. The van der Waals surface area contributed by atoms with Crippen molar-refractivity contribution in [2.24, 2.45) is 0 Å². The first kappa shape index (κ1) is 17.8. The second-order valence-electron chi connectivity index (χ2n) is 6.62. The average molecular weight is 389 g/mol. The lowest BCUT2D eigenvalue weighted by atomic mass is 10.2. The smallest absolute Gasteiger partial charge is 0.262 e. The van der Waals surface area contributed by atoms with E-state index in [0.29, 0.717) is 10.2 Å². The predicted molar refractivity (Wildman–Crippen MR) is 98.4 cm³/mol. The van der Waals surface area contributed by atoms with Gasteiger partial charge in [0.15, 0.2) is 0 Å². The number of benzene rings is 1. The zero-order valence-electron chi connectivity index (χ0n) is 14.4. The first-order valence-corrected chi connectivity index (χ1v) is 9.57. The molecule has 3 aromatic rings. The van der Waals surface area contributed by atoms with Crippen LogP contribution in [0.15, 0.2) is 40.8 Å². The zero-order valence-corrected chi connectivity index (χ0v) is 15.2. The molecule has 0 unspecified atom stereocenters. The summed E-state index contributed by atoms with van der Waals surface area (Å²) in [7, 11) is 0. The van der Waals surface area contributed by atoms with Gasteiger partial charge in [0, 0.05) is 37.2 Å². The lowest BCUT2D eigenvalue weighted by molar-refractivity contribution is -0.132. The summed E-state index contributed by atoms with van der Waals surface area (Å²) in [6, 6.07) is 5.19. The van der Waals surface area contributed by atoms with Crippen molar-refractivity contribution in [2.75, 3.05) is 0 Å². The molecule has 0 bridgehead atoms. The molecule has 0 N–H and O–H groups in total. The topological polar surface area (TPSA) is 55.2 Å². The largest absolute Gasteiger partial charge is 0.335 e. The number of hydrogen-bond donors (Lipinski definition) is 0. The summed E-state index contributed by atoms with van der Waals surface area (Å²) in [5.41, 5.74) is 0.117.